The number of anilines is 1. The Morgan fingerprint density at radius 3 is 2.55 bits per heavy atom. The summed E-state index contributed by atoms with van der Waals surface area (Å²) >= 11 is 0. The number of nitrogens with zero attached hydrogens (tertiary/aromatic N) is 1. The van der Waals surface area contributed by atoms with Crippen molar-refractivity contribution in [2.45, 2.75) is 27.4 Å². The highest BCUT2D eigenvalue weighted by atomic mass is 16.6. The summed E-state index contributed by atoms with van der Waals surface area (Å²) in [6, 6.07) is 11.2. The van der Waals surface area contributed by atoms with Crippen LogP contribution in [0.1, 0.15) is 32.9 Å². The number of carbonyl (C=O) groups is 1. The summed E-state index contributed by atoms with van der Waals surface area (Å²) in [6.07, 6.45) is 0. The van der Waals surface area contributed by atoms with Crippen LogP contribution in [0.25, 0.3) is 0 Å². The van der Waals surface area contributed by atoms with E-state index in [0.717, 1.165) is 16.9 Å². The summed E-state index contributed by atoms with van der Waals surface area (Å²) in [4.78, 5) is 12.8. The van der Waals surface area contributed by atoms with E-state index in [1.165, 1.54) is 0 Å². The van der Waals surface area contributed by atoms with Gasteiger partial charge in [0.25, 0.3) is 5.91 Å². The Morgan fingerprint density at radius 2 is 1.79 bits per heavy atom. The second-order valence-corrected chi connectivity index (χ2v) is 6.89. The SMILES string of the molecule is Cc1cccc(C)c1OCc1c(C(=O)Nc2ccc3c(c2)OCCO3)noc1C. The van der Waals surface area contributed by atoms with Crippen molar-refractivity contribution in [3.8, 4) is 17.2 Å². The van der Waals surface area contributed by atoms with Crippen LogP contribution < -0.4 is 19.5 Å². The van der Waals surface area contributed by atoms with Gasteiger partial charge in [-0.15, -0.1) is 0 Å². The van der Waals surface area contributed by atoms with E-state index in [0.29, 0.717) is 41.7 Å². The molecule has 29 heavy (non-hydrogen) atoms. The van der Waals surface area contributed by atoms with Crippen LogP contribution in [0, 0.1) is 20.8 Å². The fourth-order valence-corrected chi connectivity index (χ4v) is 3.22. The fourth-order valence-electron chi connectivity index (χ4n) is 3.22. The third kappa shape index (κ3) is 3.89. The highest BCUT2D eigenvalue weighted by molar-refractivity contribution is 6.04. The Labute approximate surface area is 168 Å². The minimum Gasteiger partial charge on any atom is -0.488 e. The first kappa shape index (κ1) is 18.9. The van der Waals surface area contributed by atoms with Crippen molar-refractivity contribution < 1.29 is 23.5 Å². The van der Waals surface area contributed by atoms with Gasteiger partial charge in [-0.25, -0.2) is 0 Å². The molecule has 0 unspecified atom stereocenters. The Bertz CT molecular complexity index is 1040. The second-order valence-electron chi connectivity index (χ2n) is 6.89. The first-order chi connectivity index (χ1) is 14.0. The number of hydrogen-bond donors (Lipinski definition) is 1. The topological polar surface area (TPSA) is 82.8 Å². The molecule has 7 nitrogen and oxygen atoms in total. The van der Waals surface area contributed by atoms with Crippen molar-refractivity contribution in [2.75, 3.05) is 18.5 Å². The zero-order chi connectivity index (χ0) is 20.4. The minimum absolute atomic E-state index is 0.185. The van der Waals surface area contributed by atoms with Crippen molar-refractivity contribution in [1.82, 2.24) is 5.16 Å². The highest BCUT2D eigenvalue weighted by Gasteiger charge is 2.22. The van der Waals surface area contributed by atoms with Crippen LogP contribution in [0.2, 0.25) is 0 Å². The molecule has 1 N–H and O–H groups in total. The molecule has 1 aromatic heterocycles. The quantitative estimate of drug-likeness (QED) is 0.698. The summed E-state index contributed by atoms with van der Waals surface area (Å²) in [6.45, 7) is 6.91. The number of aryl methyl sites for hydroxylation is 3. The van der Waals surface area contributed by atoms with Gasteiger partial charge in [0, 0.05) is 11.8 Å². The molecule has 0 saturated heterocycles. The monoisotopic (exact) mass is 394 g/mol. The molecule has 0 spiro atoms. The summed E-state index contributed by atoms with van der Waals surface area (Å²) < 4.78 is 22.3. The molecule has 1 aliphatic rings. The average molecular weight is 394 g/mol. The molecular weight excluding hydrogens is 372 g/mol. The number of fused-ring (bicyclic) bond motifs is 1. The zero-order valence-corrected chi connectivity index (χ0v) is 16.6. The van der Waals surface area contributed by atoms with E-state index in [4.69, 9.17) is 18.7 Å². The maximum atomic E-state index is 12.8. The number of ether oxygens (including phenoxy) is 3. The minimum atomic E-state index is -0.376. The number of nitrogens with one attached hydrogen (secondary N) is 1. The van der Waals surface area contributed by atoms with E-state index in [9.17, 15) is 4.79 Å². The molecule has 0 saturated carbocycles. The van der Waals surface area contributed by atoms with Gasteiger partial charge in [-0.1, -0.05) is 23.4 Å². The number of amides is 1. The summed E-state index contributed by atoms with van der Waals surface area (Å²) in [5.74, 6) is 2.23. The van der Waals surface area contributed by atoms with Crippen molar-refractivity contribution in [3.63, 3.8) is 0 Å². The van der Waals surface area contributed by atoms with Crippen LogP contribution in [0.5, 0.6) is 17.2 Å². The van der Waals surface area contributed by atoms with Gasteiger partial charge in [-0.2, -0.15) is 0 Å². The number of rotatable bonds is 5. The molecule has 1 amide bonds. The molecule has 4 rings (SSSR count). The number of hydrogen-bond acceptors (Lipinski definition) is 6. The number of benzene rings is 2. The predicted octanol–water partition coefficient (Wildman–Crippen LogP) is 4.20. The first-order valence-corrected chi connectivity index (χ1v) is 9.38. The molecule has 3 aromatic rings. The van der Waals surface area contributed by atoms with E-state index >= 15 is 0 Å². The van der Waals surface area contributed by atoms with E-state index in [1.54, 1.807) is 25.1 Å². The third-order valence-corrected chi connectivity index (χ3v) is 4.77. The van der Waals surface area contributed by atoms with Crippen LogP contribution in [-0.4, -0.2) is 24.3 Å². The third-order valence-electron chi connectivity index (χ3n) is 4.77. The van der Waals surface area contributed by atoms with Gasteiger partial charge in [0.05, 0.1) is 5.56 Å². The molecule has 0 atom stereocenters. The van der Waals surface area contributed by atoms with Crippen molar-refractivity contribution in [2.24, 2.45) is 0 Å². The largest absolute Gasteiger partial charge is 0.488 e. The Balaban J connectivity index is 1.51. The maximum absolute atomic E-state index is 12.8. The van der Waals surface area contributed by atoms with E-state index in [2.05, 4.69) is 10.5 Å². The number of carbonyl (C=O) groups excluding carboxylic acids is 1. The number of aromatic nitrogens is 1. The lowest BCUT2D eigenvalue weighted by atomic mass is 10.1. The van der Waals surface area contributed by atoms with Crippen molar-refractivity contribution in [1.29, 1.82) is 0 Å². The Kier molecular flexibility index (Phi) is 5.12. The standard InChI is InChI=1S/C22H22N2O5/c1-13-5-4-6-14(2)21(13)28-12-17-15(3)29-24-20(17)22(25)23-16-7-8-18-19(11-16)27-10-9-26-18/h4-8,11H,9-10,12H2,1-3H3,(H,23,25). The fraction of sp³-hybridized carbons (Fsp3) is 0.273. The van der Waals surface area contributed by atoms with Crippen molar-refractivity contribution in [3.05, 3.63) is 64.5 Å². The van der Waals surface area contributed by atoms with Gasteiger partial charge in [-0.3, -0.25) is 4.79 Å². The predicted molar refractivity (Wildman–Crippen MR) is 107 cm³/mol. The van der Waals surface area contributed by atoms with Crippen LogP contribution in [0.4, 0.5) is 5.69 Å². The molecule has 0 radical (unpaired) electrons. The molecule has 0 fully saturated rings. The highest BCUT2D eigenvalue weighted by Crippen LogP contribution is 2.33. The summed E-state index contributed by atoms with van der Waals surface area (Å²) in [5.41, 5.74) is 3.45. The van der Waals surface area contributed by atoms with Crippen LogP contribution >= 0.6 is 0 Å². The summed E-state index contributed by atoms with van der Waals surface area (Å²) in [5, 5.41) is 6.76. The lowest BCUT2D eigenvalue weighted by Crippen LogP contribution is -2.17. The van der Waals surface area contributed by atoms with Gasteiger partial charge < -0.3 is 24.1 Å². The molecule has 150 valence electrons. The lowest BCUT2D eigenvalue weighted by molar-refractivity contribution is 0.101. The normalized spacial score (nSPS) is 12.5. The molecular formula is C22H22N2O5. The first-order valence-electron chi connectivity index (χ1n) is 9.38. The Morgan fingerprint density at radius 1 is 1.07 bits per heavy atom. The molecule has 0 bridgehead atoms. The van der Waals surface area contributed by atoms with Crippen LogP contribution in [0.3, 0.4) is 0 Å². The molecule has 7 heteroatoms. The lowest BCUT2D eigenvalue weighted by Gasteiger charge is -2.18. The smallest absolute Gasteiger partial charge is 0.278 e. The summed E-state index contributed by atoms with van der Waals surface area (Å²) in [7, 11) is 0. The zero-order valence-electron chi connectivity index (χ0n) is 16.6. The van der Waals surface area contributed by atoms with E-state index in [1.807, 2.05) is 32.0 Å². The maximum Gasteiger partial charge on any atom is 0.278 e. The van der Waals surface area contributed by atoms with Gasteiger partial charge in [0.15, 0.2) is 17.2 Å². The van der Waals surface area contributed by atoms with Crippen LogP contribution in [-0.2, 0) is 6.61 Å². The van der Waals surface area contributed by atoms with E-state index in [-0.39, 0.29) is 18.2 Å². The molecule has 0 aliphatic carbocycles. The molecule has 2 heterocycles. The van der Waals surface area contributed by atoms with Crippen molar-refractivity contribution >= 4 is 11.6 Å². The van der Waals surface area contributed by atoms with Crippen LogP contribution in [0.15, 0.2) is 40.9 Å². The molecule has 1 aliphatic heterocycles. The molecule has 2 aromatic carbocycles. The average Bonchev–Trinajstić information content (AvgIpc) is 3.08. The Hall–Kier alpha value is -3.48. The number of para-hydroxylation sites is 1. The van der Waals surface area contributed by atoms with E-state index < -0.39 is 0 Å². The van der Waals surface area contributed by atoms with Gasteiger partial charge in [0.1, 0.15) is 31.3 Å². The van der Waals surface area contributed by atoms with Gasteiger partial charge >= 0.3 is 0 Å². The second kappa shape index (κ2) is 7.87. The van der Waals surface area contributed by atoms with Gasteiger partial charge in [-0.05, 0) is 44.0 Å². The van der Waals surface area contributed by atoms with Gasteiger partial charge in [0.2, 0.25) is 0 Å².